The van der Waals surface area contributed by atoms with Gasteiger partial charge in [0.05, 0.1) is 10.7 Å². The molecule has 2 aromatic carbocycles. The van der Waals surface area contributed by atoms with Crippen molar-refractivity contribution in [2.75, 3.05) is 24.3 Å². The molecule has 0 fully saturated rings. The summed E-state index contributed by atoms with van der Waals surface area (Å²) in [6.07, 6.45) is 0. The third kappa shape index (κ3) is 2.47. The van der Waals surface area contributed by atoms with E-state index < -0.39 is 0 Å². The van der Waals surface area contributed by atoms with Gasteiger partial charge in [-0.25, -0.2) is 0 Å². The van der Waals surface area contributed by atoms with E-state index in [1.807, 2.05) is 37.3 Å². The molecule has 4 nitrogen and oxygen atoms in total. The Kier molecular flexibility index (Phi) is 3.32. The second kappa shape index (κ2) is 5.13. The number of hydrogen-bond acceptors (Lipinski definition) is 4. The van der Waals surface area contributed by atoms with Crippen LogP contribution in [0, 0.1) is 6.92 Å². The fraction of sp³-hybridized carbons (Fsp3) is 0.200. The summed E-state index contributed by atoms with van der Waals surface area (Å²) in [6, 6.07) is 9.42. The molecule has 0 saturated carbocycles. The van der Waals surface area contributed by atoms with Gasteiger partial charge in [0, 0.05) is 17.4 Å². The molecule has 0 unspecified atom stereocenters. The van der Waals surface area contributed by atoms with E-state index in [9.17, 15) is 0 Å². The highest BCUT2D eigenvalue weighted by atomic mass is 35.5. The molecule has 1 heterocycles. The van der Waals surface area contributed by atoms with E-state index in [2.05, 4.69) is 5.32 Å². The minimum Gasteiger partial charge on any atom is -0.486 e. The third-order valence-electron chi connectivity index (χ3n) is 3.16. The van der Waals surface area contributed by atoms with E-state index in [-0.39, 0.29) is 0 Å². The van der Waals surface area contributed by atoms with Crippen LogP contribution in [0.25, 0.3) is 0 Å². The molecule has 1 aliphatic rings. The number of aryl methyl sites for hydroxylation is 1. The van der Waals surface area contributed by atoms with Gasteiger partial charge in [-0.1, -0.05) is 11.6 Å². The van der Waals surface area contributed by atoms with Gasteiger partial charge < -0.3 is 20.5 Å². The topological polar surface area (TPSA) is 56.5 Å². The van der Waals surface area contributed by atoms with Crippen molar-refractivity contribution in [1.29, 1.82) is 0 Å². The Morgan fingerprint density at radius 3 is 2.65 bits per heavy atom. The maximum Gasteiger partial charge on any atom is 0.163 e. The van der Waals surface area contributed by atoms with Gasteiger partial charge in [0.1, 0.15) is 13.2 Å². The standard InChI is InChI=1S/C15H15ClN2O2/c1-9-6-12(17)11(16)8-13(9)18-10-2-3-14-15(7-10)20-5-4-19-14/h2-3,6-8,18H,4-5,17H2,1H3. The summed E-state index contributed by atoms with van der Waals surface area (Å²) >= 11 is 6.06. The van der Waals surface area contributed by atoms with Crippen LogP contribution >= 0.6 is 11.6 Å². The van der Waals surface area contributed by atoms with Crippen LogP contribution in [-0.4, -0.2) is 13.2 Å². The molecule has 0 aliphatic carbocycles. The summed E-state index contributed by atoms with van der Waals surface area (Å²) in [5, 5.41) is 3.85. The van der Waals surface area contributed by atoms with Crippen molar-refractivity contribution in [2.45, 2.75) is 6.92 Å². The minimum atomic E-state index is 0.538. The highest BCUT2D eigenvalue weighted by molar-refractivity contribution is 6.33. The molecule has 3 N–H and O–H groups in total. The van der Waals surface area contributed by atoms with E-state index in [4.69, 9.17) is 26.8 Å². The predicted molar refractivity (Wildman–Crippen MR) is 81.3 cm³/mol. The van der Waals surface area contributed by atoms with Crippen LogP contribution < -0.4 is 20.5 Å². The van der Waals surface area contributed by atoms with E-state index in [1.54, 1.807) is 0 Å². The lowest BCUT2D eigenvalue weighted by atomic mass is 10.1. The molecule has 1 aliphatic heterocycles. The number of nitrogens with one attached hydrogen (secondary N) is 1. The number of ether oxygens (including phenoxy) is 2. The van der Waals surface area contributed by atoms with Gasteiger partial charge in [0.15, 0.2) is 11.5 Å². The average Bonchev–Trinajstić information content (AvgIpc) is 2.44. The predicted octanol–water partition coefficient (Wildman–Crippen LogP) is 3.75. The highest BCUT2D eigenvalue weighted by Crippen LogP contribution is 2.35. The Morgan fingerprint density at radius 2 is 1.85 bits per heavy atom. The van der Waals surface area contributed by atoms with E-state index in [0.717, 1.165) is 28.4 Å². The quantitative estimate of drug-likeness (QED) is 0.827. The van der Waals surface area contributed by atoms with E-state index in [1.165, 1.54) is 0 Å². The lowest BCUT2D eigenvalue weighted by molar-refractivity contribution is 0.171. The molecule has 20 heavy (non-hydrogen) atoms. The van der Waals surface area contributed by atoms with Gasteiger partial charge in [-0.3, -0.25) is 0 Å². The van der Waals surface area contributed by atoms with Crippen LogP contribution in [0.15, 0.2) is 30.3 Å². The molecule has 0 radical (unpaired) electrons. The molecule has 3 rings (SSSR count). The maximum absolute atomic E-state index is 6.06. The van der Waals surface area contributed by atoms with Crippen LogP contribution in [0.3, 0.4) is 0 Å². The zero-order valence-corrected chi connectivity index (χ0v) is 11.8. The van der Waals surface area contributed by atoms with Crippen molar-refractivity contribution in [3.8, 4) is 11.5 Å². The fourth-order valence-electron chi connectivity index (χ4n) is 2.12. The maximum atomic E-state index is 6.06. The van der Waals surface area contributed by atoms with Crippen molar-refractivity contribution < 1.29 is 9.47 Å². The zero-order valence-electron chi connectivity index (χ0n) is 11.1. The van der Waals surface area contributed by atoms with Crippen molar-refractivity contribution in [3.05, 3.63) is 40.9 Å². The molecule has 104 valence electrons. The molecule has 0 spiro atoms. The Hall–Kier alpha value is -2.07. The molecular weight excluding hydrogens is 276 g/mol. The Bertz CT molecular complexity index is 659. The number of rotatable bonds is 2. The first-order valence-corrected chi connectivity index (χ1v) is 6.73. The first-order valence-electron chi connectivity index (χ1n) is 6.36. The Morgan fingerprint density at radius 1 is 1.10 bits per heavy atom. The van der Waals surface area contributed by atoms with Crippen molar-refractivity contribution in [2.24, 2.45) is 0 Å². The Balaban J connectivity index is 1.89. The minimum absolute atomic E-state index is 0.538. The third-order valence-corrected chi connectivity index (χ3v) is 3.49. The molecule has 0 aromatic heterocycles. The number of nitrogens with two attached hydrogens (primary N) is 1. The van der Waals surface area contributed by atoms with Crippen LogP contribution in [0.5, 0.6) is 11.5 Å². The number of fused-ring (bicyclic) bond motifs is 1. The van der Waals surface area contributed by atoms with E-state index >= 15 is 0 Å². The molecule has 0 atom stereocenters. The summed E-state index contributed by atoms with van der Waals surface area (Å²) in [6.45, 7) is 3.14. The lowest BCUT2D eigenvalue weighted by Crippen LogP contribution is -2.15. The number of benzene rings is 2. The number of nitrogen functional groups attached to an aromatic ring is 1. The van der Waals surface area contributed by atoms with Crippen LogP contribution in [0.4, 0.5) is 17.1 Å². The number of hydrogen-bond donors (Lipinski definition) is 2. The van der Waals surface area contributed by atoms with Crippen molar-refractivity contribution in [1.82, 2.24) is 0 Å². The SMILES string of the molecule is Cc1cc(N)c(Cl)cc1Nc1ccc2c(c1)OCCO2. The first-order chi connectivity index (χ1) is 9.63. The molecular formula is C15H15ClN2O2. The molecule has 0 amide bonds. The van der Waals surface area contributed by atoms with Crippen LogP contribution in [0.2, 0.25) is 5.02 Å². The second-order valence-electron chi connectivity index (χ2n) is 4.67. The first kappa shape index (κ1) is 12.9. The summed E-state index contributed by atoms with van der Waals surface area (Å²) in [5.41, 5.74) is 9.22. The summed E-state index contributed by atoms with van der Waals surface area (Å²) in [7, 11) is 0. The van der Waals surface area contributed by atoms with Gasteiger partial charge in [0.25, 0.3) is 0 Å². The van der Waals surface area contributed by atoms with Gasteiger partial charge in [0.2, 0.25) is 0 Å². The normalized spacial score (nSPS) is 13.1. The monoisotopic (exact) mass is 290 g/mol. The zero-order chi connectivity index (χ0) is 14.1. The largest absolute Gasteiger partial charge is 0.486 e. The summed E-state index contributed by atoms with van der Waals surface area (Å²) < 4.78 is 11.1. The van der Waals surface area contributed by atoms with Crippen molar-refractivity contribution >= 4 is 28.7 Å². The van der Waals surface area contributed by atoms with Gasteiger partial charge >= 0.3 is 0 Å². The fourth-order valence-corrected chi connectivity index (χ4v) is 2.28. The van der Waals surface area contributed by atoms with Crippen LogP contribution in [0.1, 0.15) is 5.56 Å². The molecule has 0 saturated heterocycles. The highest BCUT2D eigenvalue weighted by Gasteiger charge is 2.12. The average molecular weight is 291 g/mol. The molecule has 2 aromatic rings. The van der Waals surface area contributed by atoms with Gasteiger partial charge in [-0.2, -0.15) is 0 Å². The van der Waals surface area contributed by atoms with Crippen LogP contribution in [-0.2, 0) is 0 Å². The summed E-state index contributed by atoms with van der Waals surface area (Å²) in [4.78, 5) is 0. The smallest absolute Gasteiger partial charge is 0.163 e. The Labute approximate surface area is 122 Å². The molecule has 0 bridgehead atoms. The second-order valence-corrected chi connectivity index (χ2v) is 5.08. The van der Waals surface area contributed by atoms with Gasteiger partial charge in [-0.15, -0.1) is 0 Å². The number of anilines is 3. The lowest BCUT2D eigenvalue weighted by Gasteiger charge is -2.19. The molecule has 5 heteroatoms. The van der Waals surface area contributed by atoms with E-state index in [0.29, 0.717) is 23.9 Å². The van der Waals surface area contributed by atoms with Gasteiger partial charge in [-0.05, 0) is 36.8 Å². The summed E-state index contributed by atoms with van der Waals surface area (Å²) in [5.74, 6) is 1.52. The van der Waals surface area contributed by atoms with Crippen molar-refractivity contribution in [3.63, 3.8) is 0 Å². The number of halogens is 1.